The summed E-state index contributed by atoms with van der Waals surface area (Å²) in [5.74, 6) is -0.744. The van der Waals surface area contributed by atoms with Gasteiger partial charge >= 0.3 is 18.0 Å². The molecule has 0 aliphatic heterocycles. The lowest BCUT2D eigenvalue weighted by Gasteiger charge is -2.21. The first kappa shape index (κ1) is 53.6. The van der Waals surface area contributed by atoms with Crippen LogP contribution in [0, 0.1) is 0 Å². The molecule has 0 spiro atoms. The molecule has 0 aromatic carbocycles. The number of carbonyl (C=O) groups is 3. The van der Waals surface area contributed by atoms with E-state index >= 15 is 0 Å². The van der Waals surface area contributed by atoms with Gasteiger partial charge in [-0.05, 0) is 64.2 Å². The molecule has 3 N–H and O–H groups in total. The topological polar surface area (TPSA) is 135 Å². The number of esters is 2. The van der Waals surface area contributed by atoms with Crippen molar-refractivity contribution in [2.24, 2.45) is 0 Å². The highest BCUT2D eigenvalue weighted by molar-refractivity contribution is 5.70. The van der Waals surface area contributed by atoms with Crippen molar-refractivity contribution >= 4 is 18.0 Å². The van der Waals surface area contributed by atoms with Crippen molar-refractivity contribution in [3.63, 3.8) is 0 Å². The summed E-state index contributed by atoms with van der Waals surface area (Å²) in [5.41, 5.74) is 0. The third-order valence-electron chi connectivity index (χ3n) is 9.94. The van der Waals surface area contributed by atoms with Crippen molar-refractivity contribution in [2.45, 2.75) is 200 Å². The molecule has 0 aromatic heterocycles. The number of rotatable bonds is 42. The van der Waals surface area contributed by atoms with Gasteiger partial charge in [0, 0.05) is 39.0 Å². The molecule has 0 fully saturated rings. The molecule has 1 unspecified atom stereocenters. The molecule has 0 aliphatic rings. The van der Waals surface area contributed by atoms with Crippen molar-refractivity contribution < 1.29 is 38.8 Å². The van der Waals surface area contributed by atoms with E-state index < -0.39 is 18.2 Å². The van der Waals surface area contributed by atoms with Crippen LogP contribution in [-0.2, 0) is 23.8 Å². The minimum Gasteiger partial charge on any atom is -0.462 e. The van der Waals surface area contributed by atoms with E-state index in [1.807, 2.05) is 4.90 Å². The van der Waals surface area contributed by atoms with Crippen LogP contribution in [0.25, 0.3) is 0 Å². The lowest BCUT2D eigenvalue weighted by Crippen LogP contribution is -2.39. The number of aliphatic hydroxyl groups excluding tert-OH is 2. The first-order chi connectivity index (χ1) is 27.5. The minimum absolute atomic E-state index is 0.0511. The van der Waals surface area contributed by atoms with Crippen LogP contribution in [0.5, 0.6) is 0 Å². The largest absolute Gasteiger partial charge is 0.462 e. The van der Waals surface area contributed by atoms with Gasteiger partial charge in [-0.15, -0.1) is 0 Å². The van der Waals surface area contributed by atoms with Crippen molar-refractivity contribution in [1.29, 1.82) is 0 Å². The van der Waals surface area contributed by atoms with Gasteiger partial charge in [0.1, 0.15) is 13.2 Å². The summed E-state index contributed by atoms with van der Waals surface area (Å²) in [6.45, 7) is 5.44. The van der Waals surface area contributed by atoms with E-state index in [4.69, 9.17) is 14.2 Å². The molecule has 1 amide bonds. The number of carbonyl (C=O) groups excluding carboxylic acids is 3. The number of amides is 1. The zero-order valence-electron chi connectivity index (χ0n) is 36.1. The second-order valence-electron chi connectivity index (χ2n) is 15.3. The van der Waals surface area contributed by atoms with Crippen LogP contribution >= 0.6 is 0 Å². The Bertz CT molecular complexity index is 938. The van der Waals surface area contributed by atoms with Gasteiger partial charge in [-0.1, -0.05) is 141 Å². The van der Waals surface area contributed by atoms with E-state index in [1.54, 1.807) is 0 Å². The summed E-state index contributed by atoms with van der Waals surface area (Å²) < 4.78 is 16.4. The van der Waals surface area contributed by atoms with Crippen LogP contribution in [-0.4, -0.2) is 91.9 Å². The van der Waals surface area contributed by atoms with Crippen molar-refractivity contribution in [2.75, 3.05) is 52.6 Å². The van der Waals surface area contributed by atoms with Crippen molar-refractivity contribution in [3.05, 3.63) is 24.3 Å². The van der Waals surface area contributed by atoms with Crippen LogP contribution in [0.2, 0.25) is 0 Å². The molecule has 0 aliphatic carbocycles. The van der Waals surface area contributed by atoms with Gasteiger partial charge in [0.2, 0.25) is 0 Å². The van der Waals surface area contributed by atoms with Gasteiger partial charge in [-0.25, -0.2) is 4.79 Å². The SMILES string of the molecule is CCCCCCCCC=CCCCCCCCC(=O)OCC(COC(=O)NCCN(CCO)CCO)OC(=O)CCCCCCCC=CCCCCCCCC. The number of aliphatic hydroxyl groups is 2. The van der Waals surface area contributed by atoms with E-state index in [0.29, 0.717) is 32.5 Å². The first-order valence-electron chi connectivity index (χ1n) is 23.0. The molecule has 10 nitrogen and oxygen atoms in total. The monoisotopic (exact) mass is 795 g/mol. The Balaban J connectivity index is 4.41. The third kappa shape index (κ3) is 39.8. The second-order valence-corrected chi connectivity index (χ2v) is 15.3. The maximum atomic E-state index is 12.7. The predicted octanol–water partition coefficient (Wildman–Crippen LogP) is 10.5. The fourth-order valence-corrected chi connectivity index (χ4v) is 6.45. The third-order valence-corrected chi connectivity index (χ3v) is 9.94. The zero-order chi connectivity index (χ0) is 41.0. The Hall–Kier alpha value is -2.43. The minimum atomic E-state index is -0.894. The van der Waals surface area contributed by atoms with E-state index in [1.165, 1.54) is 96.3 Å². The molecule has 0 rings (SSSR count). The molecule has 10 heteroatoms. The fourth-order valence-electron chi connectivity index (χ4n) is 6.45. The molecule has 0 saturated heterocycles. The maximum absolute atomic E-state index is 12.7. The van der Waals surface area contributed by atoms with Gasteiger partial charge in [0.25, 0.3) is 0 Å². The van der Waals surface area contributed by atoms with Crippen LogP contribution < -0.4 is 5.32 Å². The second kappa shape index (κ2) is 43.7. The molecule has 1 atom stereocenters. The number of unbranched alkanes of at least 4 members (excludes halogenated alkanes) is 22. The summed E-state index contributed by atoms with van der Waals surface area (Å²) >= 11 is 0. The highest BCUT2D eigenvalue weighted by Gasteiger charge is 2.19. The molecule has 0 bridgehead atoms. The number of nitrogens with zero attached hydrogens (tertiary/aromatic N) is 1. The molecular formula is C46H86N2O8. The van der Waals surface area contributed by atoms with Crippen molar-refractivity contribution in [1.82, 2.24) is 10.2 Å². The maximum Gasteiger partial charge on any atom is 0.407 e. The lowest BCUT2D eigenvalue weighted by molar-refractivity contribution is -0.161. The summed E-state index contributed by atoms with van der Waals surface area (Å²) in [4.78, 5) is 39.4. The molecular weight excluding hydrogens is 709 g/mol. The molecule has 0 aromatic rings. The Morgan fingerprint density at radius 3 is 1.36 bits per heavy atom. The smallest absolute Gasteiger partial charge is 0.407 e. The quantitative estimate of drug-likeness (QED) is 0.0239. The Morgan fingerprint density at radius 2 is 0.911 bits per heavy atom. The fraction of sp³-hybridized carbons (Fsp3) is 0.848. The van der Waals surface area contributed by atoms with E-state index in [-0.39, 0.29) is 45.4 Å². The molecule has 0 heterocycles. The standard InChI is InChI=1S/C46H86N2O8/c1-3-5-7-9-11-13-15-17-19-21-23-25-27-29-31-33-44(51)54-41-43(42-55-46(53)47-35-36-48(37-39-49)38-40-50)56-45(52)34-32-30-28-26-24-22-20-18-16-14-12-10-8-6-4-2/h17-20,43,49-50H,3-16,21-42H2,1-2H3,(H,47,53). The van der Waals surface area contributed by atoms with E-state index in [0.717, 1.165) is 64.2 Å². The number of ether oxygens (including phenoxy) is 3. The molecule has 0 saturated carbocycles. The normalized spacial score (nSPS) is 12.2. The van der Waals surface area contributed by atoms with Gasteiger partial charge in [-0.2, -0.15) is 0 Å². The van der Waals surface area contributed by atoms with Crippen LogP contribution in [0.15, 0.2) is 24.3 Å². The first-order valence-corrected chi connectivity index (χ1v) is 23.0. The molecule has 0 radical (unpaired) electrons. The molecule has 328 valence electrons. The van der Waals surface area contributed by atoms with E-state index in [9.17, 15) is 24.6 Å². The van der Waals surface area contributed by atoms with E-state index in [2.05, 4.69) is 43.5 Å². The van der Waals surface area contributed by atoms with Crippen LogP contribution in [0.4, 0.5) is 4.79 Å². The summed E-state index contributed by atoms with van der Waals surface area (Å²) in [7, 11) is 0. The number of nitrogens with one attached hydrogen (secondary N) is 1. The predicted molar refractivity (Wildman–Crippen MR) is 230 cm³/mol. The summed E-state index contributed by atoms with van der Waals surface area (Å²) in [5, 5.41) is 21.0. The number of allylic oxidation sites excluding steroid dienone is 4. The van der Waals surface area contributed by atoms with Gasteiger partial charge in [0.05, 0.1) is 13.2 Å². The van der Waals surface area contributed by atoms with Crippen LogP contribution in [0.3, 0.4) is 0 Å². The Labute approximate surface area is 343 Å². The Kier molecular flexibility index (Phi) is 41.8. The highest BCUT2D eigenvalue weighted by Crippen LogP contribution is 2.13. The Morgan fingerprint density at radius 1 is 0.518 bits per heavy atom. The zero-order valence-corrected chi connectivity index (χ0v) is 36.1. The summed E-state index contributed by atoms with van der Waals surface area (Å²) in [6, 6.07) is 0. The molecule has 56 heavy (non-hydrogen) atoms. The number of hydrogen-bond donors (Lipinski definition) is 3. The average molecular weight is 795 g/mol. The number of alkyl carbamates (subject to hydrolysis) is 1. The van der Waals surface area contributed by atoms with Crippen LogP contribution in [0.1, 0.15) is 194 Å². The lowest BCUT2D eigenvalue weighted by atomic mass is 10.1. The van der Waals surface area contributed by atoms with Gasteiger partial charge in [0.15, 0.2) is 6.10 Å². The summed E-state index contributed by atoms with van der Waals surface area (Å²) in [6.07, 6.45) is 38.9. The number of hydrogen-bond acceptors (Lipinski definition) is 9. The van der Waals surface area contributed by atoms with Gasteiger partial charge < -0.3 is 29.7 Å². The average Bonchev–Trinajstić information content (AvgIpc) is 3.19. The van der Waals surface area contributed by atoms with Crippen molar-refractivity contribution in [3.8, 4) is 0 Å². The van der Waals surface area contributed by atoms with Gasteiger partial charge in [-0.3, -0.25) is 14.5 Å². The highest BCUT2D eigenvalue weighted by atomic mass is 16.6.